The molecule has 7 heteroatoms. The molecule has 0 saturated carbocycles. The molecule has 1 aromatic carbocycles. The Labute approximate surface area is 149 Å². The van der Waals surface area contributed by atoms with Crippen molar-refractivity contribution in [1.29, 1.82) is 0 Å². The summed E-state index contributed by atoms with van der Waals surface area (Å²) in [4.78, 5) is 24.7. The molecule has 25 heavy (non-hydrogen) atoms. The van der Waals surface area contributed by atoms with Crippen molar-refractivity contribution in [3.8, 4) is 22.5 Å². The first kappa shape index (κ1) is 15.7. The molecule has 3 aromatic rings. The van der Waals surface area contributed by atoms with Crippen LogP contribution in [0.5, 0.6) is 0 Å². The fourth-order valence-electron chi connectivity index (χ4n) is 3.10. The minimum absolute atomic E-state index is 0.302. The molecule has 2 N–H and O–H groups in total. The summed E-state index contributed by atoms with van der Waals surface area (Å²) < 4.78 is 0. The number of hydrogen-bond donors (Lipinski definition) is 2. The number of pyridine rings is 1. The van der Waals surface area contributed by atoms with Gasteiger partial charge < -0.3 is 15.0 Å². The van der Waals surface area contributed by atoms with E-state index in [0.717, 1.165) is 28.1 Å². The number of carbonyl (C=O) groups is 1. The Hall–Kier alpha value is -2.86. The van der Waals surface area contributed by atoms with E-state index in [1.165, 1.54) is 4.90 Å². The molecule has 2 aromatic heterocycles. The van der Waals surface area contributed by atoms with Gasteiger partial charge >= 0.3 is 6.09 Å². The Morgan fingerprint density at radius 2 is 2.04 bits per heavy atom. The number of rotatable bonds is 2. The van der Waals surface area contributed by atoms with E-state index in [0.29, 0.717) is 30.5 Å². The molecule has 0 fully saturated rings. The Morgan fingerprint density at radius 3 is 2.80 bits per heavy atom. The molecule has 6 nitrogen and oxygen atoms in total. The van der Waals surface area contributed by atoms with Crippen molar-refractivity contribution in [3.63, 3.8) is 0 Å². The number of fused-ring (bicyclic) bond motifs is 1. The lowest BCUT2D eigenvalue weighted by atomic mass is 10.0. The predicted octanol–water partition coefficient (Wildman–Crippen LogP) is 3.83. The molecule has 1 aliphatic heterocycles. The number of aromatic nitrogens is 3. The highest BCUT2D eigenvalue weighted by Gasteiger charge is 2.25. The van der Waals surface area contributed by atoms with Gasteiger partial charge in [-0.25, -0.2) is 14.8 Å². The van der Waals surface area contributed by atoms with Crippen LogP contribution in [-0.2, 0) is 13.0 Å². The molecule has 0 radical (unpaired) electrons. The van der Waals surface area contributed by atoms with Crippen molar-refractivity contribution in [3.05, 3.63) is 59.1 Å². The van der Waals surface area contributed by atoms with Gasteiger partial charge in [-0.1, -0.05) is 41.9 Å². The molecule has 126 valence electrons. The van der Waals surface area contributed by atoms with Crippen molar-refractivity contribution in [2.24, 2.45) is 0 Å². The summed E-state index contributed by atoms with van der Waals surface area (Å²) >= 11 is 6.38. The number of nitrogens with zero attached hydrogens (tertiary/aromatic N) is 3. The van der Waals surface area contributed by atoms with Crippen molar-refractivity contribution in [2.45, 2.75) is 13.0 Å². The van der Waals surface area contributed by atoms with E-state index >= 15 is 0 Å². The van der Waals surface area contributed by atoms with E-state index in [9.17, 15) is 9.90 Å². The van der Waals surface area contributed by atoms with Crippen LogP contribution in [0.3, 0.4) is 0 Å². The van der Waals surface area contributed by atoms with Crippen molar-refractivity contribution < 1.29 is 9.90 Å². The molecule has 0 bridgehead atoms. The number of aromatic amines is 1. The topological polar surface area (TPSA) is 82.1 Å². The Morgan fingerprint density at radius 1 is 1.24 bits per heavy atom. The Kier molecular flexibility index (Phi) is 3.89. The zero-order valence-corrected chi connectivity index (χ0v) is 14.0. The van der Waals surface area contributed by atoms with Crippen LogP contribution >= 0.6 is 11.6 Å². The smallest absolute Gasteiger partial charge is 0.407 e. The molecule has 0 aliphatic carbocycles. The molecule has 0 atom stereocenters. The Bertz CT molecular complexity index is 940. The first-order chi connectivity index (χ1) is 12.1. The molecular formula is C18H15ClN4O2. The van der Waals surface area contributed by atoms with Gasteiger partial charge in [0.1, 0.15) is 11.0 Å². The third-order valence-corrected chi connectivity index (χ3v) is 4.62. The average Bonchev–Trinajstić information content (AvgIpc) is 3.04. The van der Waals surface area contributed by atoms with Crippen molar-refractivity contribution in [2.75, 3.05) is 6.54 Å². The monoisotopic (exact) mass is 354 g/mol. The van der Waals surface area contributed by atoms with E-state index in [4.69, 9.17) is 11.6 Å². The number of halogens is 1. The van der Waals surface area contributed by atoms with Gasteiger partial charge in [0, 0.05) is 19.2 Å². The number of nitrogens with one attached hydrogen (secondary N) is 1. The van der Waals surface area contributed by atoms with Crippen LogP contribution in [0, 0.1) is 0 Å². The highest BCUT2D eigenvalue weighted by Crippen LogP contribution is 2.35. The first-order valence-corrected chi connectivity index (χ1v) is 8.27. The van der Waals surface area contributed by atoms with Crippen LogP contribution in [0.4, 0.5) is 4.79 Å². The number of imidazole rings is 1. The fourth-order valence-corrected chi connectivity index (χ4v) is 3.34. The van der Waals surface area contributed by atoms with Gasteiger partial charge in [-0.05, 0) is 17.2 Å². The summed E-state index contributed by atoms with van der Waals surface area (Å²) in [7, 11) is 0. The predicted molar refractivity (Wildman–Crippen MR) is 94.4 cm³/mol. The van der Waals surface area contributed by atoms with Crippen molar-refractivity contribution >= 4 is 17.7 Å². The minimum atomic E-state index is -0.925. The van der Waals surface area contributed by atoms with Gasteiger partial charge in [0.25, 0.3) is 0 Å². The second kappa shape index (κ2) is 6.22. The molecule has 4 rings (SSSR count). The van der Waals surface area contributed by atoms with E-state index in [1.54, 1.807) is 6.20 Å². The van der Waals surface area contributed by atoms with Crippen LogP contribution in [0.1, 0.15) is 11.4 Å². The molecule has 1 aliphatic rings. The third-order valence-electron chi connectivity index (χ3n) is 4.33. The second-order valence-corrected chi connectivity index (χ2v) is 6.21. The quantitative estimate of drug-likeness (QED) is 0.685. The zero-order chi connectivity index (χ0) is 17.4. The van der Waals surface area contributed by atoms with Gasteiger partial charge in [-0.3, -0.25) is 0 Å². The molecular weight excluding hydrogens is 340 g/mol. The summed E-state index contributed by atoms with van der Waals surface area (Å²) in [6, 6.07) is 11.8. The molecule has 3 heterocycles. The molecule has 0 unspecified atom stereocenters. The van der Waals surface area contributed by atoms with Gasteiger partial charge in [-0.15, -0.1) is 0 Å². The lowest BCUT2D eigenvalue weighted by Crippen LogP contribution is -2.34. The Balaban J connectivity index is 1.81. The average molecular weight is 355 g/mol. The van der Waals surface area contributed by atoms with Crippen LogP contribution < -0.4 is 0 Å². The largest absolute Gasteiger partial charge is 0.465 e. The lowest BCUT2D eigenvalue weighted by molar-refractivity contribution is 0.139. The first-order valence-electron chi connectivity index (χ1n) is 7.89. The molecule has 0 saturated heterocycles. The maximum absolute atomic E-state index is 11.2. The summed E-state index contributed by atoms with van der Waals surface area (Å²) in [5.74, 6) is 0.620. The van der Waals surface area contributed by atoms with Crippen LogP contribution in [0.15, 0.2) is 42.6 Å². The summed E-state index contributed by atoms with van der Waals surface area (Å²) in [6.07, 6.45) is 1.33. The second-order valence-electron chi connectivity index (χ2n) is 5.86. The van der Waals surface area contributed by atoms with E-state index in [1.807, 2.05) is 36.4 Å². The van der Waals surface area contributed by atoms with Gasteiger partial charge in [-0.2, -0.15) is 0 Å². The SMILES string of the molecule is O=C(O)N1CCc2nc(-c3c(-c4ccccc4)ccnc3Cl)[nH]c2C1. The maximum Gasteiger partial charge on any atom is 0.407 e. The molecule has 0 spiro atoms. The third kappa shape index (κ3) is 2.85. The number of carboxylic acid groups (broad SMARTS) is 1. The highest BCUT2D eigenvalue weighted by atomic mass is 35.5. The van der Waals surface area contributed by atoms with Crippen LogP contribution in [-0.4, -0.2) is 37.6 Å². The maximum atomic E-state index is 11.2. The highest BCUT2D eigenvalue weighted by molar-refractivity contribution is 6.32. The number of amides is 1. The minimum Gasteiger partial charge on any atom is -0.465 e. The number of benzene rings is 1. The number of hydrogen-bond acceptors (Lipinski definition) is 3. The van der Waals surface area contributed by atoms with Gasteiger partial charge in [0.2, 0.25) is 0 Å². The summed E-state index contributed by atoms with van der Waals surface area (Å²) in [6.45, 7) is 0.745. The van der Waals surface area contributed by atoms with Crippen LogP contribution in [0.25, 0.3) is 22.5 Å². The van der Waals surface area contributed by atoms with Gasteiger partial charge in [0.15, 0.2) is 0 Å². The van der Waals surface area contributed by atoms with Crippen LogP contribution in [0.2, 0.25) is 5.15 Å². The lowest BCUT2D eigenvalue weighted by Gasteiger charge is -2.22. The summed E-state index contributed by atoms with van der Waals surface area (Å²) in [5, 5.41) is 9.55. The molecule has 1 amide bonds. The summed E-state index contributed by atoms with van der Waals surface area (Å²) in [5.41, 5.74) is 4.37. The normalized spacial score (nSPS) is 13.6. The zero-order valence-electron chi connectivity index (χ0n) is 13.2. The fraction of sp³-hybridized carbons (Fsp3) is 0.167. The van der Waals surface area contributed by atoms with E-state index in [2.05, 4.69) is 15.0 Å². The van der Waals surface area contributed by atoms with E-state index in [-0.39, 0.29) is 0 Å². The van der Waals surface area contributed by atoms with Gasteiger partial charge in [0.05, 0.1) is 23.5 Å². The van der Waals surface area contributed by atoms with Crippen molar-refractivity contribution in [1.82, 2.24) is 19.9 Å². The standard InChI is InChI=1S/C18H15ClN4O2/c19-16-15(12(6-8-20-16)11-4-2-1-3-5-11)17-21-13-7-9-23(18(24)25)10-14(13)22-17/h1-6,8H,7,9-10H2,(H,21,22)(H,24,25). The number of H-pyrrole nitrogens is 1. The van der Waals surface area contributed by atoms with E-state index < -0.39 is 6.09 Å².